The maximum absolute atomic E-state index is 10.3. The van der Waals surface area contributed by atoms with Crippen LogP contribution in [-0.2, 0) is 4.79 Å². The van der Waals surface area contributed by atoms with Crippen LogP contribution in [0.3, 0.4) is 0 Å². The van der Waals surface area contributed by atoms with Crippen molar-refractivity contribution in [2.24, 2.45) is 0 Å². The number of unbranched alkanes of at least 4 members (excludes halogenated alkanes) is 11. The normalized spacial score (nSPS) is 10.7. The minimum atomic E-state index is -0.664. The molecule has 120 valence electrons. The van der Waals surface area contributed by atoms with Gasteiger partial charge in [-0.3, -0.25) is 4.79 Å². The number of aliphatic carboxylic acids is 1. The van der Waals surface area contributed by atoms with E-state index in [4.69, 9.17) is 5.11 Å². The summed E-state index contributed by atoms with van der Waals surface area (Å²) in [6, 6.07) is 0. The molecule has 0 saturated heterocycles. The largest absolute Gasteiger partial charge is 1.00 e. The van der Waals surface area contributed by atoms with Crippen LogP contribution in [0.2, 0.25) is 0 Å². The van der Waals surface area contributed by atoms with Crippen molar-refractivity contribution in [3.63, 3.8) is 0 Å². The zero-order chi connectivity index (χ0) is 14.9. The molecule has 0 amide bonds. The molecular weight excluding hydrogens is 287 g/mol. The molecule has 0 aliphatic heterocycles. The summed E-state index contributed by atoms with van der Waals surface area (Å²) in [5.74, 6) is -0.664. The number of hydrogen-bond acceptors (Lipinski definition) is 1. The summed E-state index contributed by atoms with van der Waals surface area (Å²) in [7, 11) is 0. The topological polar surface area (TPSA) is 37.3 Å². The van der Waals surface area contributed by atoms with E-state index in [1.165, 1.54) is 70.6 Å². The number of carboxylic acid groups (broad SMARTS) is 1. The first-order valence-electron chi connectivity index (χ1n) is 8.64. The third-order valence-electron chi connectivity index (χ3n) is 3.65. The van der Waals surface area contributed by atoms with Crippen molar-refractivity contribution in [1.29, 1.82) is 0 Å². The SMILES string of the molecule is CCCCCCCC/C=C/CCCCCCCC(=O)O.[H-].[K+]. The number of allylic oxidation sites excluding steroid dienone is 2. The van der Waals surface area contributed by atoms with E-state index in [1.54, 1.807) is 0 Å². The molecule has 0 aliphatic rings. The molecule has 0 radical (unpaired) electrons. The van der Waals surface area contributed by atoms with Crippen LogP contribution in [0.15, 0.2) is 12.2 Å². The molecule has 3 heteroatoms. The van der Waals surface area contributed by atoms with Gasteiger partial charge in [0.2, 0.25) is 0 Å². The Morgan fingerprint density at radius 1 is 0.810 bits per heavy atom. The molecule has 0 bridgehead atoms. The minimum absolute atomic E-state index is 0. The van der Waals surface area contributed by atoms with Gasteiger partial charge in [-0.1, -0.05) is 70.4 Å². The molecule has 0 aromatic heterocycles. The van der Waals surface area contributed by atoms with Gasteiger partial charge in [0.15, 0.2) is 0 Å². The van der Waals surface area contributed by atoms with Crippen molar-refractivity contribution in [3.05, 3.63) is 12.2 Å². The summed E-state index contributed by atoms with van der Waals surface area (Å²) in [5.41, 5.74) is 0. The van der Waals surface area contributed by atoms with Gasteiger partial charge in [0, 0.05) is 6.42 Å². The van der Waals surface area contributed by atoms with E-state index in [9.17, 15) is 4.79 Å². The third kappa shape index (κ3) is 23.2. The molecule has 0 fully saturated rings. The Labute approximate surface area is 176 Å². The van der Waals surface area contributed by atoms with Crippen LogP contribution < -0.4 is 51.4 Å². The standard InChI is InChI=1S/C18H34O2.K.H/c1-2-3-4-5-6-7-8-9-10-11-12-13-14-15-16-17-18(19)20;;/h9-10H,2-8,11-17H2,1H3,(H,19,20);;/q;+1;-1/b10-9+;;. The molecule has 0 unspecified atom stereocenters. The number of rotatable bonds is 15. The van der Waals surface area contributed by atoms with Crippen molar-refractivity contribution in [2.45, 2.75) is 96.8 Å². The van der Waals surface area contributed by atoms with Gasteiger partial charge in [0.1, 0.15) is 0 Å². The van der Waals surface area contributed by atoms with E-state index in [2.05, 4.69) is 19.1 Å². The average Bonchev–Trinajstić information content (AvgIpc) is 2.43. The molecule has 0 saturated carbocycles. The average molecular weight is 323 g/mol. The predicted molar refractivity (Wildman–Crippen MR) is 88.2 cm³/mol. The van der Waals surface area contributed by atoms with Crippen LogP contribution in [-0.4, -0.2) is 11.1 Å². The second-order valence-electron chi connectivity index (χ2n) is 5.73. The summed E-state index contributed by atoms with van der Waals surface area (Å²) in [6.07, 6.45) is 21.2. The van der Waals surface area contributed by atoms with Gasteiger partial charge in [0.25, 0.3) is 0 Å². The second kappa shape index (κ2) is 20.8. The van der Waals surface area contributed by atoms with E-state index in [0.29, 0.717) is 6.42 Å². The summed E-state index contributed by atoms with van der Waals surface area (Å²) in [5, 5.41) is 8.51. The molecule has 2 nitrogen and oxygen atoms in total. The maximum Gasteiger partial charge on any atom is 1.00 e. The summed E-state index contributed by atoms with van der Waals surface area (Å²) >= 11 is 0. The molecule has 0 aromatic carbocycles. The van der Waals surface area contributed by atoms with Crippen LogP contribution in [0.4, 0.5) is 0 Å². The molecule has 21 heavy (non-hydrogen) atoms. The van der Waals surface area contributed by atoms with Crippen LogP contribution in [0.1, 0.15) is 98.2 Å². The quantitative estimate of drug-likeness (QED) is 0.285. The zero-order valence-electron chi connectivity index (χ0n) is 15.4. The predicted octanol–water partition coefficient (Wildman–Crippen LogP) is 3.23. The molecule has 0 heterocycles. The van der Waals surface area contributed by atoms with Gasteiger partial charge in [-0.15, -0.1) is 0 Å². The zero-order valence-corrected chi connectivity index (χ0v) is 17.5. The molecule has 0 spiro atoms. The van der Waals surface area contributed by atoms with Gasteiger partial charge in [0.05, 0.1) is 0 Å². The van der Waals surface area contributed by atoms with E-state index in [0.717, 1.165) is 12.8 Å². The fourth-order valence-corrected chi connectivity index (χ4v) is 2.35. The number of hydrogen-bond donors (Lipinski definition) is 1. The van der Waals surface area contributed by atoms with Crippen LogP contribution in [0.5, 0.6) is 0 Å². The second-order valence-corrected chi connectivity index (χ2v) is 5.73. The minimum Gasteiger partial charge on any atom is -1.00 e. The van der Waals surface area contributed by atoms with Crippen LogP contribution >= 0.6 is 0 Å². The van der Waals surface area contributed by atoms with Crippen molar-refractivity contribution >= 4 is 5.97 Å². The van der Waals surface area contributed by atoms with Crippen molar-refractivity contribution < 1.29 is 62.7 Å². The van der Waals surface area contributed by atoms with Gasteiger partial charge in [-0.2, -0.15) is 0 Å². The Morgan fingerprint density at radius 3 is 1.71 bits per heavy atom. The smallest absolute Gasteiger partial charge is 1.00 e. The first kappa shape index (κ1) is 24.1. The fourth-order valence-electron chi connectivity index (χ4n) is 2.35. The Bertz CT molecular complexity index is 245. The van der Waals surface area contributed by atoms with Crippen molar-refractivity contribution in [1.82, 2.24) is 0 Å². The van der Waals surface area contributed by atoms with Gasteiger partial charge in [-0.05, 0) is 32.1 Å². The number of carboxylic acids is 1. The van der Waals surface area contributed by atoms with Gasteiger partial charge < -0.3 is 6.53 Å². The summed E-state index contributed by atoms with van der Waals surface area (Å²) in [6.45, 7) is 2.26. The molecule has 1 N–H and O–H groups in total. The van der Waals surface area contributed by atoms with E-state index in [-0.39, 0.29) is 52.8 Å². The van der Waals surface area contributed by atoms with Gasteiger partial charge >= 0.3 is 57.4 Å². The Morgan fingerprint density at radius 2 is 1.24 bits per heavy atom. The Balaban J connectivity index is -0.00000180. The molecule has 0 rings (SSSR count). The Hall–Kier alpha value is 0.846. The first-order valence-corrected chi connectivity index (χ1v) is 8.64. The molecule has 0 atom stereocenters. The Kier molecular flexibility index (Phi) is 23.9. The fraction of sp³-hybridized carbons (Fsp3) is 0.833. The molecular formula is C18H35KO2. The molecule has 0 aromatic rings. The van der Waals surface area contributed by atoms with E-state index >= 15 is 0 Å². The van der Waals surface area contributed by atoms with Crippen molar-refractivity contribution in [2.75, 3.05) is 0 Å². The monoisotopic (exact) mass is 322 g/mol. The molecule has 0 aliphatic carbocycles. The van der Waals surface area contributed by atoms with Crippen LogP contribution in [0, 0.1) is 0 Å². The van der Waals surface area contributed by atoms with Gasteiger partial charge in [-0.25, -0.2) is 0 Å². The van der Waals surface area contributed by atoms with Crippen LogP contribution in [0.25, 0.3) is 0 Å². The van der Waals surface area contributed by atoms with E-state index in [1.807, 2.05) is 0 Å². The number of carbonyl (C=O) groups is 1. The maximum atomic E-state index is 10.3. The van der Waals surface area contributed by atoms with E-state index < -0.39 is 5.97 Å². The summed E-state index contributed by atoms with van der Waals surface area (Å²) < 4.78 is 0. The van der Waals surface area contributed by atoms with Crippen molar-refractivity contribution in [3.8, 4) is 0 Å². The third-order valence-corrected chi connectivity index (χ3v) is 3.65. The summed E-state index contributed by atoms with van der Waals surface area (Å²) in [4.78, 5) is 10.3. The first-order chi connectivity index (χ1) is 9.77.